The van der Waals surface area contributed by atoms with Gasteiger partial charge in [0.2, 0.25) is 0 Å². The van der Waals surface area contributed by atoms with E-state index >= 15 is 0 Å². The molecule has 0 fully saturated rings. The number of para-hydroxylation sites is 1. The third-order valence-corrected chi connectivity index (χ3v) is 5.41. The van der Waals surface area contributed by atoms with Crippen molar-refractivity contribution in [3.63, 3.8) is 0 Å². The summed E-state index contributed by atoms with van der Waals surface area (Å²) >= 11 is 6.37. The number of halogens is 1. The fourth-order valence-electron chi connectivity index (χ4n) is 3.68. The standard InChI is InChI=1S/C23H22ClN5O/c1-14-9-10-21-26-16(3)22(28(21)13-14)23(30)27-25-12-18-11-15(2)29(17(18)4)20-8-6-5-7-19(20)24/h5-13H,1-4H3,(H,27,30)/b25-12-. The zero-order valence-electron chi connectivity index (χ0n) is 17.3. The highest BCUT2D eigenvalue weighted by Crippen LogP contribution is 2.25. The first-order chi connectivity index (χ1) is 14.4. The Morgan fingerprint density at radius 2 is 1.90 bits per heavy atom. The first-order valence-corrected chi connectivity index (χ1v) is 9.97. The number of pyridine rings is 1. The molecule has 1 N–H and O–H groups in total. The number of hydrazone groups is 1. The topological polar surface area (TPSA) is 63.7 Å². The van der Waals surface area contributed by atoms with E-state index in [4.69, 9.17) is 11.6 Å². The predicted octanol–water partition coefficient (Wildman–Crippen LogP) is 4.78. The average molecular weight is 420 g/mol. The third kappa shape index (κ3) is 3.50. The predicted molar refractivity (Wildman–Crippen MR) is 120 cm³/mol. The number of aryl methyl sites for hydroxylation is 3. The zero-order valence-corrected chi connectivity index (χ0v) is 18.0. The summed E-state index contributed by atoms with van der Waals surface area (Å²) in [6.07, 6.45) is 3.54. The third-order valence-electron chi connectivity index (χ3n) is 5.09. The summed E-state index contributed by atoms with van der Waals surface area (Å²) in [5.74, 6) is -0.304. The van der Waals surface area contributed by atoms with Crippen molar-refractivity contribution in [3.05, 3.63) is 87.6 Å². The number of rotatable bonds is 4. The Hall–Kier alpha value is -3.38. The Kier molecular flexibility index (Phi) is 5.18. The number of aromatic nitrogens is 3. The molecule has 7 heteroatoms. The van der Waals surface area contributed by atoms with Crippen LogP contribution in [0.5, 0.6) is 0 Å². The molecule has 0 saturated heterocycles. The van der Waals surface area contributed by atoms with E-state index in [-0.39, 0.29) is 5.91 Å². The highest BCUT2D eigenvalue weighted by Gasteiger charge is 2.16. The van der Waals surface area contributed by atoms with Crippen LogP contribution in [0.1, 0.15) is 38.7 Å². The molecule has 1 amide bonds. The lowest BCUT2D eigenvalue weighted by atomic mass is 10.2. The number of carbonyl (C=O) groups is 1. The van der Waals surface area contributed by atoms with Crippen LogP contribution in [-0.2, 0) is 0 Å². The van der Waals surface area contributed by atoms with Crippen LogP contribution in [0.2, 0.25) is 5.02 Å². The fourth-order valence-corrected chi connectivity index (χ4v) is 3.90. The first kappa shape index (κ1) is 19.9. The Morgan fingerprint density at radius 1 is 1.13 bits per heavy atom. The van der Waals surface area contributed by atoms with E-state index in [1.807, 2.05) is 76.4 Å². The maximum absolute atomic E-state index is 12.8. The summed E-state index contributed by atoms with van der Waals surface area (Å²) in [4.78, 5) is 17.2. The lowest BCUT2D eigenvalue weighted by Gasteiger charge is -2.11. The number of amides is 1. The SMILES string of the molecule is Cc1ccc2nc(C)c(C(=O)N/N=C\c3cc(C)n(-c4ccccc4Cl)c3C)n2c1. The van der Waals surface area contributed by atoms with Crippen molar-refractivity contribution in [1.29, 1.82) is 0 Å². The number of nitrogens with zero attached hydrogens (tertiary/aromatic N) is 4. The van der Waals surface area contributed by atoms with E-state index in [9.17, 15) is 4.79 Å². The molecule has 4 rings (SSSR count). The molecule has 0 spiro atoms. The number of benzene rings is 1. The summed E-state index contributed by atoms with van der Waals surface area (Å²) < 4.78 is 3.86. The maximum atomic E-state index is 12.8. The average Bonchev–Trinajstić information content (AvgIpc) is 3.17. The summed E-state index contributed by atoms with van der Waals surface area (Å²) in [5.41, 5.74) is 9.37. The normalized spacial score (nSPS) is 11.5. The maximum Gasteiger partial charge on any atom is 0.290 e. The molecule has 0 atom stereocenters. The number of nitrogens with one attached hydrogen (secondary N) is 1. The molecule has 30 heavy (non-hydrogen) atoms. The van der Waals surface area contributed by atoms with Gasteiger partial charge in [-0.3, -0.25) is 9.20 Å². The van der Waals surface area contributed by atoms with Gasteiger partial charge in [0.25, 0.3) is 5.91 Å². The van der Waals surface area contributed by atoms with Crippen LogP contribution in [0, 0.1) is 27.7 Å². The fraction of sp³-hybridized carbons (Fsp3) is 0.174. The van der Waals surface area contributed by atoms with Crippen LogP contribution < -0.4 is 5.43 Å². The molecule has 0 radical (unpaired) electrons. The van der Waals surface area contributed by atoms with Crippen LogP contribution in [0.4, 0.5) is 0 Å². The first-order valence-electron chi connectivity index (χ1n) is 9.59. The van der Waals surface area contributed by atoms with E-state index in [1.54, 1.807) is 10.6 Å². The quantitative estimate of drug-likeness (QED) is 0.382. The summed E-state index contributed by atoms with van der Waals surface area (Å²) in [7, 11) is 0. The van der Waals surface area contributed by atoms with E-state index < -0.39 is 0 Å². The molecule has 1 aromatic carbocycles. The Bertz CT molecular complexity index is 1300. The molecule has 6 nitrogen and oxygen atoms in total. The van der Waals surface area contributed by atoms with Gasteiger partial charge in [-0.25, -0.2) is 10.4 Å². The molecule has 3 aromatic heterocycles. The van der Waals surface area contributed by atoms with Gasteiger partial charge in [-0.05, 0) is 57.5 Å². The number of carbonyl (C=O) groups excluding carboxylic acids is 1. The number of imidazole rings is 1. The summed E-state index contributed by atoms with van der Waals surface area (Å²) in [5, 5.41) is 4.86. The van der Waals surface area contributed by atoms with Crippen molar-refractivity contribution in [2.24, 2.45) is 5.10 Å². The van der Waals surface area contributed by atoms with Crippen molar-refractivity contribution < 1.29 is 4.79 Å². The molecular formula is C23H22ClN5O. The minimum Gasteiger partial charge on any atom is -0.316 e. The minimum atomic E-state index is -0.304. The number of fused-ring (bicyclic) bond motifs is 1. The highest BCUT2D eigenvalue weighted by molar-refractivity contribution is 6.32. The molecule has 0 aliphatic rings. The van der Waals surface area contributed by atoms with Crippen molar-refractivity contribution >= 4 is 29.4 Å². The van der Waals surface area contributed by atoms with Gasteiger partial charge >= 0.3 is 0 Å². The van der Waals surface area contributed by atoms with Gasteiger partial charge < -0.3 is 4.57 Å². The molecule has 152 valence electrons. The molecule has 0 saturated carbocycles. The van der Waals surface area contributed by atoms with Crippen molar-refractivity contribution in [2.45, 2.75) is 27.7 Å². The second kappa shape index (κ2) is 7.80. The molecule has 4 aromatic rings. The van der Waals surface area contributed by atoms with E-state index in [2.05, 4.69) is 20.1 Å². The van der Waals surface area contributed by atoms with Gasteiger partial charge in [0, 0.05) is 23.1 Å². The van der Waals surface area contributed by atoms with Gasteiger partial charge in [0.1, 0.15) is 11.3 Å². The van der Waals surface area contributed by atoms with Crippen molar-refractivity contribution in [3.8, 4) is 5.69 Å². The summed E-state index contributed by atoms with van der Waals surface area (Å²) in [6.45, 7) is 7.80. The van der Waals surface area contributed by atoms with Crippen LogP contribution in [0.3, 0.4) is 0 Å². The molecule has 0 unspecified atom stereocenters. The molecular weight excluding hydrogens is 398 g/mol. The largest absolute Gasteiger partial charge is 0.316 e. The number of hydrogen-bond acceptors (Lipinski definition) is 3. The lowest BCUT2D eigenvalue weighted by molar-refractivity contribution is 0.0948. The van der Waals surface area contributed by atoms with Crippen molar-refractivity contribution in [1.82, 2.24) is 19.4 Å². The molecule has 0 aliphatic heterocycles. The van der Waals surface area contributed by atoms with Gasteiger partial charge in [0.15, 0.2) is 0 Å². The zero-order chi connectivity index (χ0) is 21.4. The second-order valence-electron chi connectivity index (χ2n) is 7.29. The Labute approximate surface area is 179 Å². The van der Waals surface area contributed by atoms with E-state index in [1.165, 1.54) is 0 Å². The monoisotopic (exact) mass is 419 g/mol. The van der Waals surface area contributed by atoms with Crippen LogP contribution >= 0.6 is 11.6 Å². The van der Waals surface area contributed by atoms with E-state index in [0.29, 0.717) is 16.4 Å². The Balaban J connectivity index is 1.60. The van der Waals surface area contributed by atoms with Gasteiger partial charge in [0.05, 0.1) is 22.6 Å². The second-order valence-corrected chi connectivity index (χ2v) is 7.70. The molecule has 0 aliphatic carbocycles. The van der Waals surface area contributed by atoms with E-state index in [0.717, 1.165) is 33.8 Å². The molecule has 0 bridgehead atoms. The van der Waals surface area contributed by atoms with Crippen molar-refractivity contribution in [2.75, 3.05) is 0 Å². The smallest absolute Gasteiger partial charge is 0.290 e. The lowest BCUT2D eigenvalue weighted by Crippen LogP contribution is -2.20. The Morgan fingerprint density at radius 3 is 2.67 bits per heavy atom. The van der Waals surface area contributed by atoms with Gasteiger partial charge in [-0.2, -0.15) is 5.10 Å². The van der Waals surface area contributed by atoms with Crippen LogP contribution in [0.25, 0.3) is 11.3 Å². The highest BCUT2D eigenvalue weighted by atomic mass is 35.5. The van der Waals surface area contributed by atoms with Crippen LogP contribution in [-0.4, -0.2) is 26.1 Å². The van der Waals surface area contributed by atoms with Gasteiger partial charge in [-0.1, -0.05) is 29.8 Å². The number of hydrogen-bond donors (Lipinski definition) is 1. The van der Waals surface area contributed by atoms with Crippen LogP contribution in [0.15, 0.2) is 53.8 Å². The molecule has 3 heterocycles. The van der Waals surface area contributed by atoms with Gasteiger partial charge in [-0.15, -0.1) is 0 Å². The summed E-state index contributed by atoms with van der Waals surface area (Å²) in [6, 6.07) is 13.6. The minimum absolute atomic E-state index is 0.304.